The molecule has 1 N–H and O–H groups in total. The Hall–Kier alpha value is -0.440. The second-order valence-corrected chi connectivity index (χ2v) is 3.51. The smallest absolute Gasteiger partial charge is 0.221 e. The molecule has 0 saturated carbocycles. The molecule has 0 aliphatic carbocycles. The van der Waals surface area contributed by atoms with Crippen LogP contribution >= 0.6 is 12.6 Å². The first-order valence-corrected chi connectivity index (χ1v) is 4.63. The molecule has 0 unspecified atom stereocenters. The lowest BCUT2D eigenvalue weighted by atomic mass is 10.0. The maximum Gasteiger partial charge on any atom is 0.221 e. The Morgan fingerprint density at radius 1 is 1.50 bits per heavy atom. The van der Waals surface area contributed by atoms with Gasteiger partial charge in [-0.3, -0.25) is 4.79 Å². The van der Waals surface area contributed by atoms with E-state index in [2.05, 4.69) is 38.7 Å². The molecular formula is C9H17NOS. The van der Waals surface area contributed by atoms with Gasteiger partial charge in [-0.25, -0.2) is 0 Å². The van der Waals surface area contributed by atoms with E-state index in [1.54, 1.807) is 0 Å². The van der Waals surface area contributed by atoms with Crippen LogP contribution in [0.15, 0.2) is 10.6 Å². The predicted octanol–water partition coefficient (Wildman–Crippen LogP) is 2.33. The molecule has 0 aromatic carbocycles. The number of hydrogen-bond acceptors (Lipinski definition) is 2. The lowest BCUT2D eigenvalue weighted by Gasteiger charge is -2.12. The Morgan fingerprint density at radius 3 is 2.25 bits per heavy atom. The van der Waals surface area contributed by atoms with Crippen molar-refractivity contribution in [2.75, 3.05) is 0 Å². The Labute approximate surface area is 79.8 Å². The van der Waals surface area contributed by atoms with Crippen molar-refractivity contribution in [2.24, 2.45) is 5.92 Å². The van der Waals surface area contributed by atoms with Gasteiger partial charge in [-0.2, -0.15) is 0 Å². The first-order valence-electron chi connectivity index (χ1n) is 4.18. The van der Waals surface area contributed by atoms with E-state index in [0.29, 0.717) is 10.9 Å². The molecule has 0 spiro atoms. The molecule has 0 bridgehead atoms. The summed E-state index contributed by atoms with van der Waals surface area (Å²) in [5.74, 6) is 0.376. The number of carbonyl (C=O) groups excluding carboxylic acids is 1. The number of nitrogens with one attached hydrogen (secondary N) is 1. The van der Waals surface area contributed by atoms with Crippen molar-refractivity contribution < 1.29 is 4.79 Å². The van der Waals surface area contributed by atoms with Crippen LogP contribution in [0.4, 0.5) is 0 Å². The molecule has 12 heavy (non-hydrogen) atoms. The highest BCUT2D eigenvalue weighted by molar-refractivity contribution is 7.84. The van der Waals surface area contributed by atoms with Gasteiger partial charge in [0.05, 0.1) is 5.03 Å². The second-order valence-electron chi connectivity index (χ2n) is 3.06. The predicted molar refractivity (Wildman–Crippen MR) is 55.0 cm³/mol. The quantitative estimate of drug-likeness (QED) is 0.652. The zero-order valence-electron chi connectivity index (χ0n) is 8.14. The molecule has 0 saturated heterocycles. The van der Waals surface area contributed by atoms with Crippen LogP contribution in [0, 0.1) is 5.92 Å². The molecule has 0 aromatic heterocycles. The molecule has 0 fully saturated rings. The maximum atomic E-state index is 10.7. The molecule has 0 aromatic rings. The summed E-state index contributed by atoms with van der Waals surface area (Å²) in [5.41, 5.74) is 1.19. The normalized spacial score (nSPS) is 12.8. The Kier molecular flexibility index (Phi) is 5.06. The van der Waals surface area contributed by atoms with Gasteiger partial charge in [0.2, 0.25) is 5.91 Å². The molecule has 0 aliphatic rings. The summed E-state index contributed by atoms with van der Waals surface area (Å²) in [4.78, 5) is 10.7. The van der Waals surface area contributed by atoms with Crippen LogP contribution in [-0.2, 0) is 4.79 Å². The molecule has 70 valence electrons. The zero-order valence-corrected chi connectivity index (χ0v) is 9.03. The molecule has 0 rings (SSSR count). The van der Waals surface area contributed by atoms with Crippen molar-refractivity contribution >= 4 is 18.5 Å². The Bertz CT molecular complexity index is 197. The fraction of sp³-hybridized carbons (Fsp3) is 0.667. The van der Waals surface area contributed by atoms with Gasteiger partial charge in [0.1, 0.15) is 0 Å². The first kappa shape index (κ1) is 11.6. The number of amides is 1. The van der Waals surface area contributed by atoms with Crippen LogP contribution in [0.5, 0.6) is 0 Å². The SMILES string of the molecule is CCC(=C(S)NC(C)=O)C(C)C. The fourth-order valence-corrected chi connectivity index (χ4v) is 1.67. The van der Waals surface area contributed by atoms with Gasteiger partial charge >= 0.3 is 0 Å². The number of hydrogen-bond donors (Lipinski definition) is 2. The summed E-state index contributed by atoms with van der Waals surface area (Å²) in [6.45, 7) is 7.74. The van der Waals surface area contributed by atoms with Crippen molar-refractivity contribution in [3.63, 3.8) is 0 Å². The summed E-state index contributed by atoms with van der Waals surface area (Å²) < 4.78 is 0. The highest BCUT2D eigenvalue weighted by Gasteiger charge is 2.06. The molecule has 0 radical (unpaired) electrons. The van der Waals surface area contributed by atoms with E-state index in [4.69, 9.17) is 0 Å². The third kappa shape index (κ3) is 3.81. The molecule has 0 aliphatic heterocycles. The van der Waals surface area contributed by atoms with Gasteiger partial charge in [0.25, 0.3) is 0 Å². The highest BCUT2D eigenvalue weighted by Crippen LogP contribution is 2.18. The van der Waals surface area contributed by atoms with Crippen LogP contribution in [-0.4, -0.2) is 5.91 Å². The van der Waals surface area contributed by atoms with Crippen LogP contribution in [0.25, 0.3) is 0 Å². The van der Waals surface area contributed by atoms with Gasteiger partial charge in [0, 0.05) is 6.92 Å². The van der Waals surface area contributed by atoms with E-state index in [9.17, 15) is 4.79 Å². The summed E-state index contributed by atoms with van der Waals surface area (Å²) in [6.07, 6.45) is 0.927. The molecule has 0 heterocycles. The molecule has 1 amide bonds. The fourth-order valence-electron chi connectivity index (χ4n) is 1.10. The third-order valence-electron chi connectivity index (χ3n) is 1.68. The van der Waals surface area contributed by atoms with E-state index in [1.807, 2.05) is 0 Å². The van der Waals surface area contributed by atoms with Crippen molar-refractivity contribution in [3.05, 3.63) is 10.6 Å². The molecule has 2 nitrogen and oxygen atoms in total. The van der Waals surface area contributed by atoms with E-state index < -0.39 is 0 Å². The highest BCUT2D eigenvalue weighted by atomic mass is 32.1. The largest absolute Gasteiger partial charge is 0.321 e. The van der Waals surface area contributed by atoms with Crippen molar-refractivity contribution in [1.82, 2.24) is 5.32 Å². The van der Waals surface area contributed by atoms with Crippen molar-refractivity contribution in [3.8, 4) is 0 Å². The number of thiol groups is 1. The zero-order chi connectivity index (χ0) is 9.72. The van der Waals surface area contributed by atoms with Gasteiger partial charge in [-0.15, -0.1) is 12.6 Å². The van der Waals surface area contributed by atoms with Crippen LogP contribution < -0.4 is 5.32 Å². The van der Waals surface area contributed by atoms with E-state index >= 15 is 0 Å². The summed E-state index contributed by atoms with van der Waals surface area (Å²) in [6, 6.07) is 0. The third-order valence-corrected chi connectivity index (χ3v) is 2.08. The number of carbonyl (C=O) groups is 1. The minimum Gasteiger partial charge on any atom is -0.321 e. The van der Waals surface area contributed by atoms with Crippen LogP contribution in [0.3, 0.4) is 0 Å². The lowest BCUT2D eigenvalue weighted by Crippen LogP contribution is -2.18. The number of allylic oxidation sites excluding steroid dienone is 1. The van der Waals surface area contributed by atoms with Gasteiger partial charge in [-0.1, -0.05) is 20.8 Å². The minimum atomic E-state index is -0.0633. The minimum absolute atomic E-state index is 0.0633. The van der Waals surface area contributed by atoms with Gasteiger partial charge < -0.3 is 5.32 Å². The second kappa shape index (κ2) is 5.25. The molecule has 0 atom stereocenters. The standard InChI is InChI=1S/C9H17NOS/c1-5-8(6(2)3)9(12)10-7(4)11/h6,12H,5H2,1-4H3,(H,10,11). The Balaban J connectivity index is 4.48. The van der Waals surface area contributed by atoms with E-state index in [-0.39, 0.29) is 5.91 Å². The molecule has 3 heteroatoms. The van der Waals surface area contributed by atoms with E-state index in [1.165, 1.54) is 12.5 Å². The van der Waals surface area contributed by atoms with Crippen molar-refractivity contribution in [1.29, 1.82) is 0 Å². The molecular weight excluding hydrogens is 170 g/mol. The van der Waals surface area contributed by atoms with Gasteiger partial charge in [0.15, 0.2) is 0 Å². The van der Waals surface area contributed by atoms with Crippen LogP contribution in [0.2, 0.25) is 0 Å². The first-order chi connectivity index (χ1) is 5.49. The summed E-state index contributed by atoms with van der Waals surface area (Å²) in [5, 5.41) is 3.39. The van der Waals surface area contributed by atoms with Crippen LogP contribution in [0.1, 0.15) is 34.1 Å². The van der Waals surface area contributed by atoms with E-state index in [0.717, 1.165) is 6.42 Å². The van der Waals surface area contributed by atoms with Crippen molar-refractivity contribution in [2.45, 2.75) is 34.1 Å². The number of rotatable bonds is 3. The summed E-state index contributed by atoms with van der Waals surface area (Å²) in [7, 11) is 0. The average Bonchev–Trinajstić information content (AvgIpc) is 1.85. The Morgan fingerprint density at radius 2 is 2.00 bits per heavy atom. The summed E-state index contributed by atoms with van der Waals surface area (Å²) >= 11 is 4.23. The maximum absolute atomic E-state index is 10.7. The monoisotopic (exact) mass is 187 g/mol. The average molecular weight is 187 g/mol. The lowest BCUT2D eigenvalue weighted by molar-refractivity contribution is -0.118. The van der Waals surface area contributed by atoms with Gasteiger partial charge in [-0.05, 0) is 17.9 Å². The topological polar surface area (TPSA) is 29.1 Å².